The van der Waals surface area contributed by atoms with Crippen LogP contribution < -0.4 is 0 Å². The van der Waals surface area contributed by atoms with Crippen LogP contribution in [-0.4, -0.2) is 0 Å². The fraction of sp³-hybridized carbons (Fsp3) is 0.533. The molecule has 0 radical (unpaired) electrons. The van der Waals surface area contributed by atoms with Crippen LogP contribution in [0, 0.1) is 17.8 Å². The second-order valence-electron chi connectivity index (χ2n) is 9.28. The maximum absolute atomic E-state index is 6.46. The lowest BCUT2D eigenvalue weighted by Crippen LogP contribution is -2.12. The van der Waals surface area contributed by atoms with E-state index in [9.17, 15) is 0 Å². The van der Waals surface area contributed by atoms with Crippen LogP contribution in [0.2, 0.25) is 5.02 Å². The van der Waals surface area contributed by atoms with Gasteiger partial charge in [-0.25, -0.2) is 0 Å². The topological polar surface area (TPSA) is 0 Å². The molecule has 2 aromatic carbocycles. The first-order valence-corrected chi connectivity index (χ1v) is 13.0. The van der Waals surface area contributed by atoms with Crippen LogP contribution in [0.15, 0.2) is 42.5 Å². The Bertz CT molecular complexity index is 844. The fourth-order valence-corrected chi connectivity index (χ4v) is 4.94. The molecule has 2 aromatic rings. The molecule has 0 amide bonds. The number of rotatable bonds is 9. The fourth-order valence-electron chi connectivity index (χ4n) is 4.66. The number of aryl methyl sites for hydroxylation is 2. The molecule has 0 nitrogen and oxygen atoms in total. The quantitative estimate of drug-likeness (QED) is 0.272. The molecule has 0 heterocycles. The molecule has 1 aliphatic rings. The van der Waals surface area contributed by atoms with Gasteiger partial charge in [-0.3, -0.25) is 0 Å². The predicted molar refractivity (Wildman–Crippen MR) is 136 cm³/mol. The molecule has 166 valence electrons. The highest BCUT2D eigenvalue weighted by atomic mass is 35.5. The zero-order valence-electron chi connectivity index (χ0n) is 19.6. The first kappa shape index (κ1) is 23.9. The highest BCUT2D eigenvalue weighted by molar-refractivity contribution is 6.31. The summed E-state index contributed by atoms with van der Waals surface area (Å²) in [5.74, 6) is 8.16. The Morgan fingerprint density at radius 2 is 1.55 bits per heavy atom. The van der Waals surface area contributed by atoms with E-state index in [1.165, 1.54) is 87.3 Å². The molecule has 0 bridgehead atoms. The van der Waals surface area contributed by atoms with Crippen LogP contribution in [0.5, 0.6) is 0 Å². The Morgan fingerprint density at radius 1 is 0.806 bits per heavy atom. The van der Waals surface area contributed by atoms with E-state index in [4.69, 9.17) is 11.6 Å². The summed E-state index contributed by atoms with van der Waals surface area (Å²) >= 11 is 6.46. The summed E-state index contributed by atoms with van der Waals surface area (Å²) in [6.07, 6.45) is 15.0. The minimum absolute atomic E-state index is 0.521. The van der Waals surface area contributed by atoms with Crippen LogP contribution >= 0.6 is 11.6 Å². The Morgan fingerprint density at radius 3 is 2.23 bits per heavy atom. The van der Waals surface area contributed by atoms with Crippen LogP contribution in [0.4, 0.5) is 0 Å². The third kappa shape index (κ3) is 7.73. The van der Waals surface area contributed by atoms with Crippen molar-refractivity contribution >= 4 is 11.6 Å². The molecule has 0 aromatic heterocycles. The predicted octanol–water partition coefficient (Wildman–Crippen LogP) is 9.13. The molecule has 3 rings (SSSR count). The average molecular weight is 435 g/mol. The lowest BCUT2D eigenvalue weighted by molar-refractivity contribution is 0.384. The minimum atomic E-state index is 0.521. The molecule has 1 saturated carbocycles. The lowest BCUT2D eigenvalue weighted by Gasteiger charge is -2.26. The SMILES string of the molecule is CCCCCCc1ccc([C@H]2CC[C@H](C#Cc3ccc(CCCC)c(Cl)c3)CC2)cc1. The van der Waals surface area contributed by atoms with Gasteiger partial charge in [0.05, 0.1) is 0 Å². The number of unbranched alkanes of at least 4 members (excludes halogenated alkanes) is 4. The molecule has 1 heteroatoms. The van der Waals surface area contributed by atoms with Gasteiger partial charge in [0.2, 0.25) is 0 Å². The first-order valence-electron chi connectivity index (χ1n) is 12.6. The van der Waals surface area contributed by atoms with E-state index in [1.54, 1.807) is 0 Å². The van der Waals surface area contributed by atoms with E-state index in [2.05, 4.69) is 68.2 Å². The zero-order chi connectivity index (χ0) is 21.9. The Balaban J connectivity index is 1.47. The van der Waals surface area contributed by atoms with Gasteiger partial charge in [0, 0.05) is 16.5 Å². The number of hydrogen-bond acceptors (Lipinski definition) is 0. The summed E-state index contributed by atoms with van der Waals surface area (Å²) in [5, 5.41) is 0.873. The molecule has 1 aliphatic carbocycles. The van der Waals surface area contributed by atoms with Crippen molar-refractivity contribution in [3.8, 4) is 11.8 Å². The smallest absolute Gasteiger partial charge is 0.0450 e. The Labute approximate surface area is 195 Å². The van der Waals surface area contributed by atoms with Crippen molar-refractivity contribution in [2.75, 3.05) is 0 Å². The molecule has 1 fully saturated rings. The van der Waals surface area contributed by atoms with Gasteiger partial charge in [-0.1, -0.05) is 93.3 Å². The average Bonchev–Trinajstić information content (AvgIpc) is 2.81. The van der Waals surface area contributed by atoms with Crippen molar-refractivity contribution in [3.63, 3.8) is 0 Å². The molecule has 0 spiro atoms. The standard InChI is InChI=1S/C30H39Cl/c1-3-5-7-8-9-24-13-18-27(19-14-24)28-20-15-25(16-21-28)11-12-26-17-22-29(10-6-4-2)30(31)23-26/h13-14,17-19,22-23,25,28H,3-10,15-16,20-21H2,1-2H3/t25-,28-. The lowest BCUT2D eigenvalue weighted by atomic mass is 9.78. The number of hydrogen-bond donors (Lipinski definition) is 0. The van der Waals surface area contributed by atoms with Crippen molar-refractivity contribution in [3.05, 3.63) is 69.7 Å². The molecular formula is C30H39Cl. The van der Waals surface area contributed by atoms with Crippen LogP contribution in [0.3, 0.4) is 0 Å². The van der Waals surface area contributed by atoms with Gasteiger partial charge in [0.25, 0.3) is 0 Å². The van der Waals surface area contributed by atoms with Gasteiger partial charge in [-0.2, -0.15) is 0 Å². The van der Waals surface area contributed by atoms with E-state index in [1.807, 2.05) is 0 Å². The summed E-state index contributed by atoms with van der Waals surface area (Å²) in [6, 6.07) is 15.8. The highest BCUT2D eigenvalue weighted by Crippen LogP contribution is 2.35. The highest BCUT2D eigenvalue weighted by Gasteiger charge is 2.21. The van der Waals surface area contributed by atoms with Gasteiger partial charge >= 0.3 is 0 Å². The van der Waals surface area contributed by atoms with Crippen LogP contribution in [-0.2, 0) is 12.8 Å². The normalized spacial score (nSPS) is 18.4. The summed E-state index contributed by atoms with van der Waals surface area (Å²) in [5.41, 5.74) is 5.33. The first-order chi connectivity index (χ1) is 15.2. The van der Waals surface area contributed by atoms with Gasteiger partial charge in [0.15, 0.2) is 0 Å². The number of halogens is 1. The van der Waals surface area contributed by atoms with E-state index in [0.29, 0.717) is 11.8 Å². The number of benzene rings is 2. The van der Waals surface area contributed by atoms with Crippen molar-refractivity contribution in [1.82, 2.24) is 0 Å². The molecule has 0 unspecified atom stereocenters. The second-order valence-corrected chi connectivity index (χ2v) is 9.69. The van der Waals surface area contributed by atoms with Gasteiger partial charge in [-0.05, 0) is 86.1 Å². The van der Waals surface area contributed by atoms with Crippen molar-refractivity contribution in [1.29, 1.82) is 0 Å². The monoisotopic (exact) mass is 434 g/mol. The largest absolute Gasteiger partial charge is 0.0945 e. The molecule has 31 heavy (non-hydrogen) atoms. The summed E-state index contributed by atoms with van der Waals surface area (Å²) in [4.78, 5) is 0. The Kier molecular flexibility index (Phi) is 10.0. The van der Waals surface area contributed by atoms with Crippen LogP contribution in [0.25, 0.3) is 0 Å². The van der Waals surface area contributed by atoms with Crippen molar-refractivity contribution in [2.45, 2.75) is 96.8 Å². The van der Waals surface area contributed by atoms with Gasteiger partial charge in [-0.15, -0.1) is 0 Å². The van der Waals surface area contributed by atoms with Gasteiger partial charge < -0.3 is 0 Å². The molecule has 0 N–H and O–H groups in total. The minimum Gasteiger partial charge on any atom is -0.0945 e. The summed E-state index contributed by atoms with van der Waals surface area (Å²) in [7, 11) is 0. The summed E-state index contributed by atoms with van der Waals surface area (Å²) in [6.45, 7) is 4.49. The van der Waals surface area contributed by atoms with E-state index >= 15 is 0 Å². The third-order valence-electron chi connectivity index (χ3n) is 6.77. The molecule has 0 aliphatic heterocycles. The Hall–Kier alpha value is -1.71. The molecular weight excluding hydrogens is 396 g/mol. The maximum Gasteiger partial charge on any atom is 0.0450 e. The van der Waals surface area contributed by atoms with E-state index < -0.39 is 0 Å². The van der Waals surface area contributed by atoms with E-state index in [-0.39, 0.29) is 0 Å². The van der Waals surface area contributed by atoms with Crippen LogP contribution in [0.1, 0.15) is 106 Å². The molecule has 0 saturated heterocycles. The third-order valence-corrected chi connectivity index (χ3v) is 7.12. The summed E-state index contributed by atoms with van der Waals surface area (Å²) < 4.78 is 0. The second kappa shape index (κ2) is 13.0. The zero-order valence-corrected chi connectivity index (χ0v) is 20.3. The van der Waals surface area contributed by atoms with Gasteiger partial charge in [0.1, 0.15) is 0 Å². The molecule has 0 atom stereocenters. The van der Waals surface area contributed by atoms with Crippen molar-refractivity contribution in [2.24, 2.45) is 5.92 Å². The van der Waals surface area contributed by atoms with Crippen molar-refractivity contribution < 1.29 is 0 Å². The van der Waals surface area contributed by atoms with E-state index in [0.717, 1.165) is 17.0 Å². The maximum atomic E-state index is 6.46.